The first kappa shape index (κ1) is 20.7. The number of carbonyl (C=O) groups is 2. The highest BCUT2D eigenvalue weighted by molar-refractivity contribution is 9.10. The summed E-state index contributed by atoms with van der Waals surface area (Å²) in [6.07, 6.45) is 1.49. The van der Waals surface area contributed by atoms with E-state index in [-0.39, 0.29) is 18.1 Å². The SMILES string of the molecule is COC(=O)c1cccc(Br)c1CN1CCCC(NC(=O)OC(C)(C)C)C1. The molecule has 0 aromatic heterocycles. The number of nitrogens with one attached hydrogen (secondary N) is 1. The monoisotopic (exact) mass is 426 g/mol. The Morgan fingerprint density at radius 3 is 2.73 bits per heavy atom. The number of hydrogen-bond donors (Lipinski definition) is 1. The molecule has 1 aromatic carbocycles. The molecule has 0 radical (unpaired) electrons. The fraction of sp³-hybridized carbons (Fsp3) is 0.579. The van der Waals surface area contributed by atoms with Crippen LogP contribution >= 0.6 is 15.9 Å². The Labute approximate surface area is 163 Å². The fourth-order valence-electron chi connectivity index (χ4n) is 3.04. The molecule has 1 aliphatic rings. The van der Waals surface area contributed by atoms with Gasteiger partial charge < -0.3 is 14.8 Å². The largest absolute Gasteiger partial charge is 0.465 e. The summed E-state index contributed by atoms with van der Waals surface area (Å²) in [6.45, 7) is 7.77. The summed E-state index contributed by atoms with van der Waals surface area (Å²) in [4.78, 5) is 26.3. The van der Waals surface area contributed by atoms with Crippen molar-refractivity contribution in [2.45, 2.75) is 51.8 Å². The number of nitrogens with zero attached hydrogens (tertiary/aromatic N) is 1. The lowest BCUT2D eigenvalue weighted by Crippen LogP contribution is -2.48. The second-order valence-corrected chi connectivity index (χ2v) is 8.33. The van der Waals surface area contributed by atoms with E-state index in [1.165, 1.54) is 7.11 Å². The first-order valence-electron chi connectivity index (χ1n) is 8.77. The van der Waals surface area contributed by atoms with E-state index in [9.17, 15) is 9.59 Å². The van der Waals surface area contributed by atoms with Crippen LogP contribution in [0.4, 0.5) is 4.79 Å². The third-order valence-electron chi connectivity index (χ3n) is 4.13. The number of amides is 1. The molecule has 1 unspecified atom stereocenters. The average Bonchev–Trinajstić information content (AvgIpc) is 2.54. The summed E-state index contributed by atoms with van der Waals surface area (Å²) in [5.74, 6) is -0.346. The number of alkyl carbamates (subject to hydrolysis) is 1. The highest BCUT2D eigenvalue weighted by atomic mass is 79.9. The number of likely N-dealkylation sites (tertiary alicyclic amines) is 1. The molecule has 1 saturated heterocycles. The molecule has 1 aromatic rings. The predicted molar refractivity (Wildman–Crippen MR) is 103 cm³/mol. The lowest BCUT2D eigenvalue weighted by Gasteiger charge is -2.34. The molecule has 0 aliphatic carbocycles. The van der Waals surface area contributed by atoms with Crippen molar-refractivity contribution >= 4 is 28.0 Å². The van der Waals surface area contributed by atoms with Gasteiger partial charge in [-0.15, -0.1) is 0 Å². The van der Waals surface area contributed by atoms with Gasteiger partial charge in [0.15, 0.2) is 0 Å². The summed E-state index contributed by atoms with van der Waals surface area (Å²) in [5, 5.41) is 2.95. The third-order valence-corrected chi connectivity index (χ3v) is 4.88. The number of piperidine rings is 1. The van der Waals surface area contributed by atoms with E-state index in [2.05, 4.69) is 26.1 Å². The van der Waals surface area contributed by atoms with E-state index in [1.54, 1.807) is 6.07 Å². The van der Waals surface area contributed by atoms with Gasteiger partial charge in [0.25, 0.3) is 0 Å². The number of hydrogen-bond acceptors (Lipinski definition) is 5. The second-order valence-electron chi connectivity index (χ2n) is 7.48. The number of ether oxygens (including phenoxy) is 2. The van der Waals surface area contributed by atoms with Crippen molar-refractivity contribution in [3.63, 3.8) is 0 Å². The smallest absolute Gasteiger partial charge is 0.407 e. The van der Waals surface area contributed by atoms with Gasteiger partial charge in [-0.3, -0.25) is 4.90 Å². The van der Waals surface area contributed by atoms with E-state index in [4.69, 9.17) is 9.47 Å². The quantitative estimate of drug-likeness (QED) is 0.742. The molecule has 7 heteroatoms. The Morgan fingerprint density at radius 1 is 1.35 bits per heavy atom. The van der Waals surface area contributed by atoms with Crippen molar-refractivity contribution in [3.8, 4) is 0 Å². The van der Waals surface area contributed by atoms with Gasteiger partial charge in [0.2, 0.25) is 0 Å². The predicted octanol–water partition coefficient (Wildman–Crippen LogP) is 3.72. The lowest BCUT2D eigenvalue weighted by atomic mass is 10.0. The van der Waals surface area contributed by atoms with Gasteiger partial charge in [-0.25, -0.2) is 9.59 Å². The third kappa shape index (κ3) is 5.99. The minimum Gasteiger partial charge on any atom is -0.465 e. The van der Waals surface area contributed by atoms with Crippen LogP contribution in [0.2, 0.25) is 0 Å². The van der Waals surface area contributed by atoms with E-state index >= 15 is 0 Å². The van der Waals surface area contributed by atoms with Crippen LogP contribution in [0.1, 0.15) is 49.5 Å². The zero-order valence-electron chi connectivity index (χ0n) is 15.8. The molecule has 1 atom stereocenters. The second kappa shape index (κ2) is 8.86. The van der Waals surface area contributed by atoms with E-state index < -0.39 is 5.60 Å². The molecule has 1 aliphatic heterocycles. The minimum absolute atomic E-state index is 0.0302. The average molecular weight is 427 g/mol. The normalized spacial score (nSPS) is 18.3. The van der Waals surface area contributed by atoms with Crippen molar-refractivity contribution in [2.24, 2.45) is 0 Å². The number of esters is 1. The molecule has 2 rings (SSSR count). The van der Waals surface area contributed by atoms with E-state index in [0.717, 1.165) is 29.4 Å². The van der Waals surface area contributed by atoms with Gasteiger partial charge >= 0.3 is 12.1 Å². The maximum Gasteiger partial charge on any atom is 0.407 e. The van der Waals surface area contributed by atoms with Gasteiger partial charge in [-0.2, -0.15) is 0 Å². The van der Waals surface area contributed by atoms with Crippen LogP contribution in [0.3, 0.4) is 0 Å². The van der Waals surface area contributed by atoms with Crippen LogP contribution in [0.15, 0.2) is 22.7 Å². The van der Waals surface area contributed by atoms with E-state index in [1.807, 2.05) is 32.9 Å². The summed E-state index contributed by atoms with van der Waals surface area (Å²) in [5.41, 5.74) is 0.948. The summed E-state index contributed by atoms with van der Waals surface area (Å²) < 4.78 is 11.1. The molecular formula is C19H27BrN2O4. The summed E-state index contributed by atoms with van der Waals surface area (Å²) in [6, 6.07) is 5.54. The molecule has 1 N–H and O–H groups in total. The number of halogens is 1. The Kier molecular flexibility index (Phi) is 7.06. The first-order chi connectivity index (χ1) is 12.2. The van der Waals surface area contributed by atoms with Gasteiger partial charge in [-0.1, -0.05) is 22.0 Å². The molecule has 144 valence electrons. The molecule has 1 heterocycles. The Hall–Kier alpha value is -1.60. The van der Waals surface area contributed by atoms with Gasteiger partial charge in [0.05, 0.1) is 12.7 Å². The van der Waals surface area contributed by atoms with Crippen molar-refractivity contribution in [2.75, 3.05) is 20.2 Å². The van der Waals surface area contributed by atoms with Crippen molar-refractivity contribution in [3.05, 3.63) is 33.8 Å². The van der Waals surface area contributed by atoms with Gasteiger partial charge in [0, 0.05) is 23.6 Å². The van der Waals surface area contributed by atoms with Crippen LogP contribution < -0.4 is 5.32 Å². The van der Waals surface area contributed by atoms with Crippen LogP contribution in [-0.2, 0) is 16.0 Å². The zero-order chi connectivity index (χ0) is 19.3. The van der Waals surface area contributed by atoms with Crippen molar-refractivity contribution in [1.29, 1.82) is 0 Å². The highest BCUT2D eigenvalue weighted by Gasteiger charge is 2.25. The lowest BCUT2D eigenvalue weighted by molar-refractivity contribution is 0.0470. The minimum atomic E-state index is -0.511. The molecule has 0 spiro atoms. The molecule has 6 nitrogen and oxygen atoms in total. The Morgan fingerprint density at radius 2 is 2.08 bits per heavy atom. The van der Waals surface area contributed by atoms with Crippen molar-refractivity contribution in [1.82, 2.24) is 10.2 Å². The topological polar surface area (TPSA) is 67.9 Å². The first-order valence-corrected chi connectivity index (χ1v) is 9.56. The van der Waals surface area contributed by atoms with Gasteiger partial charge in [-0.05, 0) is 57.9 Å². The number of carbonyl (C=O) groups excluding carboxylic acids is 2. The van der Waals surface area contributed by atoms with Crippen molar-refractivity contribution < 1.29 is 19.1 Å². The Bertz CT molecular complexity index is 657. The molecule has 26 heavy (non-hydrogen) atoms. The van der Waals surface area contributed by atoms with Crippen LogP contribution in [-0.4, -0.2) is 48.8 Å². The van der Waals surface area contributed by atoms with E-state index in [0.29, 0.717) is 18.7 Å². The number of methoxy groups -OCH3 is 1. The highest BCUT2D eigenvalue weighted by Crippen LogP contribution is 2.25. The molecule has 1 amide bonds. The fourth-order valence-corrected chi connectivity index (χ4v) is 3.53. The zero-order valence-corrected chi connectivity index (χ0v) is 17.4. The summed E-state index contributed by atoms with van der Waals surface area (Å²) >= 11 is 3.54. The van der Waals surface area contributed by atoms with Crippen LogP contribution in [0, 0.1) is 0 Å². The number of rotatable bonds is 4. The molecule has 0 saturated carbocycles. The number of benzene rings is 1. The van der Waals surface area contributed by atoms with Crippen LogP contribution in [0.25, 0.3) is 0 Å². The summed E-state index contributed by atoms with van der Waals surface area (Å²) in [7, 11) is 1.38. The molecular weight excluding hydrogens is 400 g/mol. The standard InChI is InChI=1S/C19H27BrN2O4/c1-19(2,3)26-18(24)21-13-7-6-10-22(11-13)12-15-14(17(23)25-4)8-5-9-16(15)20/h5,8-9,13H,6-7,10-12H2,1-4H3,(H,21,24). The maximum atomic E-state index is 12.0. The Balaban J connectivity index is 2.03. The maximum absolute atomic E-state index is 12.0. The van der Waals surface area contributed by atoms with Gasteiger partial charge in [0.1, 0.15) is 5.60 Å². The van der Waals surface area contributed by atoms with Crippen LogP contribution in [0.5, 0.6) is 0 Å². The molecule has 1 fully saturated rings. The molecule has 0 bridgehead atoms.